The van der Waals surface area contributed by atoms with Crippen molar-refractivity contribution >= 4 is 17.9 Å². The van der Waals surface area contributed by atoms with Gasteiger partial charge in [-0.15, -0.1) is 0 Å². The number of carboxylic acid groups (broad SMARTS) is 1. The van der Waals surface area contributed by atoms with Crippen LogP contribution in [0, 0.1) is 0 Å². The van der Waals surface area contributed by atoms with Crippen molar-refractivity contribution in [1.82, 2.24) is 16.0 Å². The van der Waals surface area contributed by atoms with Crippen LogP contribution in [0.25, 0.3) is 0 Å². The first kappa shape index (κ1) is 15.5. The molecule has 0 aliphatic rings. The molecule has 0 spiro atoms. The summed E-state index contributed by atoms with van der Waals surface area (Å²) in [7, 11) is 1.50. The van der Waals surface area contributed by atoms with Gasteiger partial charge in [-0.25, -0.2) is 9.59 Å². The monoisotopic (exact) mass is 279 g/mol. The predicted octanol–water partition coefficient (Wildman–Crippen LogP) is 0.248. The van der Waals surface area contributed by atoms with Crippen molar-refractivity contribution in [2.24, 2.45) is 0 Å². The van der Waals surface area contributed by atoms with Crippen LogP contribution in [0.5, 0.6) is 0 Å². The second-order valence-electron chi connectivity index (χ2n) is 4.01. The topological polar surface area (TPSA) is 108 Å². The molecule has 20 heavy (non-hydrogen) atoms. The number of hydrogen-bond acceptors (Lipinski definition) is 3. The van der Waals surface area contributed by atoms with Crippen LogP contribution in [-0.4, -0.2) is 36.6 Å². The van der Waals surface area contributed by atoms with E-state index in [-0.39, 0.29) is 18.9 Å². The molecule has 0 bridgehead atoms. The predicted molar refractivity (Wildman–Crippen MR) is 72.0 cm³/mol. The maximum atomic E-state index is 11.6. The lowest BCUT2D eigenvalue weighted by Gasteiger charge is -2.15. The summed E-state index contributed by atoms with van der Waals surface area (Å²) < 4.78 is 0. The van der Waals surface area contributed by atoms with Gasteiger partial charge in [0.2, 0.25) is 5.91 Å². The summed E-state index contributed by atoms with van der Waals surface area (Å²) in [5.41, 5.74) is 0.474. The van der Waals surface area contributed by atoms with E-state index in [2.05, 4.69) is 16.0 Å². The highest BCUT2D eigenvalue weighted by Gasteiger charge is 2.21. The Labute approximate surface area is 116 Å². The molecule has 108 valence electrons. The van der Waals surface area contributed by atoms with Crippen molar-refractivity contribution < 1.29 is 19.5 Å². The van der Waals surface area contributed by atoms with Gasteiger partial charge in [0.25, 0.3) is 0 Å². The van der Waals surface area contributed by atoms with Crippen molar-refractivity contribution in [3.8, 4) is 0 Å². The van der Waals surface area contributed by atoms with Gasteiger partial charge in [0.1, 0.15) is 0 Å². The zero-order valence-electron chi connectivity index (χ0n) is 11.1. The molecule has 0 saturated carbocycles. The van der Waals surface area contributed by atoms with Gasteiger partial charge in [-0.2, -0.15) is 0 Å². The molecule has 7 heteroatoms. The van der Waals surface area contributed by atoms with Gasteiger partial charge in [0, 0.05) is 20.0 Å². The van der Waals surface area contributed by atoms with Crippen LogP contribution in [0.3, 0.4) is 0 Å². The van der Waals surface area contributed by atoms with Crippen LogP contribution >= 0.6 is 0 Å². The lowest BCUT2D eigenvalue weighted by molar-refractivity contribution is -0.139. The number of benzene rings is 1. The van der Waals surface area contributed by atoms with Crippen LogP contribution < -0.4 is 16.0 Å². The number of amides is 3. The second-order valence-corrected chi connectivity index (χ2v) is 4.01. The third-order valence-corrected chi connectivity index (χ3v) is 2.57. The van der Waals surface area contributed by atoms with E-state index in [9.17, 15) is 14.4 Å². The summed E-state index contributed by atoms with van der Waals surface area (Å²) in [5.74, 6) is -1.36. The number of nitrogens with one attached hydrogen (secondary N) is 3. The first-order valence-corrected chi connectivity index (χ1v) is 6.07. The minimum Gasteiger partial charge on any atom is -0.479 e. The van der Waals surface area contributed by atoms with Gasteiger partial charge in [-0.1, -0.05) is 30.3 Å². The number of aliphatic carboxylic acids is 1. The number of rotatable bonds is 6. The summed E-state index contributed by atoms with van der Waals surface area (Å²) in [6, 6.07) is 6.60. The van der Waals surface area contributed by atoms with E-state index in [1.165, 1.54) is 7.05 Å². The number of carbonyl (C=O) groups excluding carboxylic acids is 2. The van der Waals surface area contributed by atoms with Gasteiger partial charge < -0.3 is 21.1 Å². The molecule has 0 aliphatic carbocycles. The summed E-state index contributed by atoms with van der Waals surface area (Å²) in [6.07, 6.45) is 0.132. The van der Waals surface area contributed by atoms with Crippen molar-refractivity contribution in [3.05, 3.63) is 35.9 Å². The van der Waals surface area contributed by atoms with Gasteiger partial charge in [0.15, 0.2) is 6.04 Å². The highest BCUT2D eigenvalue weighted by Crippen LogP contribution is 2.12. The third kappa shape index (κ3) is 4.97. The highest BCUT2D eigenvalue weighted by atomic mass is 16.4. The van der Waals surface area contributed by atoms with Crippen molar-refractivity contribution in [1.29, 1.82) is 0 Å². The van der Waals surface area contributed by atoms with Crippen molar-refractivity contribution in [2.75, 3.05) is 13.6 Å². The Morgan fingerprint density at radius 2 is 1.85 bits per heavy atom. The van der Waals surface area contributed by atoms with Crippen LogP contribution in [0.2, 0.25) is 0 Å². The molecule has 1 aromatic carbocycles. The maximum Gasteiger partial charge on any atom is 0.330 e. The molecular weight excluding hydrogens is 262 g/mol. The Morgan fingerprint density at radius 1 is 1.20 bits per heavy atom. The minimum atomic E-state index is -1.15. The molecule has 1 unspecified atom stereocenters. The fraction of sp³-hybridized carbons (Fsp3) is 0.308. The van der Waals surface area contributed by atoms with E-state index in [1.807, 2.05) is 0 Å². The van der Waals surface area contributed by atoms with E-state index < -0.39 is 18.0 Å². The first-order chi connectivity index (χ1) is 9.54. The minimum absolute atomic E-state index is 0.132. The quantitative estimate of drug-likeness (QED) is 0.598. The normalized spacial score (nSPS) is 11.2. The van der Waals surface area contributed by atoms with E-state index in [1.54, 1.807) is 30.3 Å². The van der Waals surface area contributed by atoms with E-state index in [0.717, 1.165) is 0 Å². The SMILES string of the molecule is CNC(=O)CCNC(=O)NC(C(=O)O)c1ccccc1. The Morgan fingerprint density at radius 3 is 2.40 bits per heavy atom. The van der Waals surface area contributed by atoms with Gasteiger partial charge >= 0.3 is 12.0 Å². The molecule has 0 aliphatic heterocycles. The molecule has 0 fully saturated rings. The van der Waals surface area contributed by atoms with Crippen LogP contribution in [0.4, 0.5) is 4.79 Å². The maximum absolute atomic E-state index is 11.6. The smallest absolute Gasteiger partial charge is 0.330 e. The van der Waals surface area contributed by atoms with Crippen molar-refractivity contribution in [3.63, 3.8) is 0 Å². The zero-order valence-corrected chi connectivity index (χ0v) is 11.1. The molecule has 4 N–H and O–H groups in total. The number of carboxylic acids is 1. The standard InChI is InChI=1S/C13H17N3O4/c1-14-10(17)7-8-15-13(20)16-11(12(18)19)9-5-3-2-4-6-9/h2-6,11H,7-8H2,1H3,(H,14,17)(H,18,19)(H2,15,16,20). The lowest BCUT2D eigenvalue weighted by atomic mass is 10.1. The Balaban J connectivity index is 2.53. The first-order valence-electron chi connectivity index (χ1n) is 6.07. The van der Waals surface area contributed by atoms with E-state index in [0.29, 0.717) is 5.56 Å². The number of carbonyl (C=O) groups is 3. The molecule has 0 saturated heterocycles. The van der Waals surface area contributed by atoms with E-state index in [4.69, 9.17) is 5.11 Å². The Hall–Kier alpha value is -2.57. The highest BCUT2D eigenvalue weighted by molar-refractivity contribution is 5.84. The Bertz CT molecular complexity index is 476. The van der Waals surface area contributed by atoms with Gasteiger partial charge in [-0.3, -0.25) is 4.79 Å². The molecule has 3 amide bonds. The molecule has 0 aromatic heterocycles. The fourth-order valence-electron chi connectivity index (χ4n) is 1.53. The molecule has 7 nitrogen and oxygen atoms in total. The van der Waals surface area contributed by atoms with E-state index >= 15 is 0 Å². The lowest BCUT2D eigenvalue weighted by Crippen LogP contribution is -2.42. The van der Waals surface area contributed by atoms with Gasteiger partial charge in [0.05, 0.1) is 0 Å². The molecular formula is C13H17N3O4. The number of urea groups is 1. The summed E-state index contributed by atoms with van der Waals surface area (Å²) >= 11 is 0. The van der Waals surface area contributed by atoms with Crippen LogP contribution in [-0.2, 0) is 9.59 Å². The average Bonchev–Trinajstić information content (AvgIpc) is 2.45. The summed E-state index contributed by atoms with van der Waals surface area (Å²) in [6.45, 7) is 0.132. The fourth-order valence-corrected chi connectivity index (χ4v) is 1.53. The van der Waals surface area contributed by atoms with Crippen molar-refractivity contribution in [2.45, 2.75) is 12.5 Å². The number of hydrogen-bond donors (Lipinski definition) is 4. The zero-order chi connectivity index (χ0) is 15.0. The average molecular weight is 279 g/mol. The Kier molecular flexibility index (Phi) is 6.02. The molecule has 1 aromatic rings. The van der Waals surface area contributed by atoms with Crippen LogP contribution in [0.1, 0.15) is 18.0 Å². The summed E-state index contributed by atoms with van der Waals surface area (Å²) in [5, 5.41) is 16.3. The molecule has 1 rings (SSSR count). The molecule has 1 atom stereocenters. The molecule has 0 heterocycles. The molecule has 0 radical (unpaired) electrons. The summed E-state index contributed by atoms with van der Waals surface area (Å²) in [4.78, 5) is 33.7. The van der Waals surface area contributed by atoms with Crippen LogP contribution in [0.15, 0.2) is 30.3 Å². The largest absolute Gasteiger partial charge is 0.479 e. The van der Waals surface area contributed by atoms with Gasteiger partial charge in [-0.05, 0) is 5.56 Å². The third-order valence-electron chi connectivity index (χ3n) is 2.57. The second kappa shape index (κ2) is 7.78.